The number of benzene rings is 1. The number of aryl methyl sites for hydroxylation is 2. The molecule has 0 fully saturated rings. The van der Waals surface area contributed by atoms with Crippen molar-refractivity contribution in [1.29, 1.82) is 0 Å². The minimum absolute atomic E-state index is 0.226. The maximum Gasteiger partial charge on any atom is 0.122 e. The highest BCUT2D eigenvalue weighted by molar-refractivity contribution is 7.10. The predicted octanol–water partition coefficient (Wildman–Crippen LogP) is 3.68. The quantitative estimate of drug-likeness (QED) is 0.906. The normalized spacial score (nSPS) is 12.4. The molecule has 2 aromatic rings. The molecule has 3 heteroatoms. The summed E-state index contributed by atoms with van der Waals surface area (Å²) in [7, 11) is 3.71. The maximum atomic E-state index is 5.40. The summed E-state index contributed by atoms with van der Waals surface area (Å²) in [5.74, 6) is 0.944. The molecular weight excluding hydrogens is 242 g/mol. The largest absolute Gasteiger partial charge is 0.496 e. The summed E-state index contributed by atoms with van der Waals surface area (Å²) >= 11 is 1.78. The van der Waals surface area contributed by atoms with E-state index in [4.69, 9.17) is 4.74 Å². The predicted molar refractivity (Wildman–Crippen MR) is 77.7 cm³/mol. The zero-order valence-electron chi connectivity index (χ0n) is 11.3. The summed E-state index contributed by atoms with van der Waals surface area (Å²) in [6.45, 7) is 4.20. The number of ether oxygens (including phenoxy) is 1. The van der Waals surface area contributed by atoms with E-state index in [0.717, 1.165) is 11.3 Å². The van der Waals surface area contributed by atoms with Gasteiger partial charge in [-0.05, 0) is 55.1 Å². The van der Waals surface area contributed by atoms with Gasteiger partial charge in [-0.1, -0.05) is 12.1 Å². The second-order valence-corrected chi connectivity index (χ2v) is 5.56. The average Bonchev–Trinajstić information content (AvgIpc) is 2.79. The smallest absolute Gasteiger partial charge is 0.122 e. The van der Waals surface area contributed by atoms with Crippen LogP contribution in [0.15, 0.2) is 29.6 Å². The third kappa shape index (κ3) is 2.57. The Morgan fingerprint density at radius 2 is 1.94 bits per heavy atom. The van der Waals surface area contributed by atoms with E-state index in [1.54, 1.807) is 18.4 Å². The molecule has 0 spiro atoms. The summed E-state index contributed by atoms with van der Waals surface area (Å²) in [5.41, 5.74) is 3.71. The first-order valence-corrected chi connectivity index (χ1v) is 6.90. The summed E-state index contributed by atoms with van der Waals surface area (Å²) in [6, 6.07) is 8.84. The SMILES string of the molecule is CNC(c1csc(C)c1)c1ccc(C)c(OC)c1. The topological polar surface area (TPSA) is 21.3 Å². The van der Waals surface area contributed by atoms with E-state index in [0.29, 0.717) is 0 Å². The van der Waals surface area contributed by atoms with Gasteiger partial charge in [0.15, 0.2) is 0 Å². The van der Waals surface area contributed by atoms with Crippen molar-refractivity contribution in [3.8, 4) is 5.75 Å². The molecule has 0 saturated heterocycles. The van der Waals surface area contributed by atoms with Gasteiger partial charge in [-0.25, -0.2) is 0 Å². The van der Waals surface area contributed by atoms with Gasteiger partial charge in [-0.15, -0.1) is 11.3 Å². The van der Waals surface area contributed by atoms with Gasteiger partial charge >= 0.3 is 0 Å². The Morgan fingerprint density at radius 3 is 2.50 bits per heavy atom. The lowest BCUT2D eigenvalue weighted by atomic mass is 9.99. The van der Waals surface area contributed by atoms with Crippen molar-refractivity contribution in [2.75, 3.05) is 14.2 Å². The van der Waals surface area contributed by atoms with E-state index >= 15 is 0 Å². The molecule has 1 aromatic carbocycles. The van der Waals surface area contributed by atoms with Crippen LogP contribution < -0.4 is 10.1 Å². The Hall–Kier alpha value is -1.32. The molecule has 1 N–H and O–H groups in total. The molecule has 2 nitrogen and oxygen atoms in total. The number of hydrogen-bond acceptors (Lipinski definition) is 3. The molecule has 2 rings (SSSR count). The van der Waals surface area contributed by atoms with Gasteiger partial charge < -0.3 is 10.1 Å². The molecular formula is C15H19NOS. The van der Waals surface area contributed by atoms with Crippen molar-refractivity contribution in [3.63, 3.8) is 0 Å². The highest BCUT2D eigenvalue weighted by Crippen LogP contribution is 2.29. The van der Waals surface area contributed by atoms with E-state index < -0.39 is 0 Å². The fourth-order valence-corrected chi connectivity index (χ4v) is 2.89. The molecule has 1 atom stereocenters. The molecule has 0 bridgehead atoms. The van der Waals surface area contributed by atoms with Gasteiger partial charge in [0.1, 0.15) is 5.75 Å². The molecule has 1 unspecified atom stereocenters. The van der Waals surface area contributed by atoms with Crippen LogP contribution in [0, 0.1) is 13.8 Å². The molecule has 18 heavy (non-hydrogen) atoms. The maximum absolute atomic E-state index is 5.40. The number of thiophene rings is 1. The highest BCUT2D eigenvalue weighted by Gasteiger charge is 2.14. The van der Waals surface area contributed by atoms with Crippen LogP contribution in [0.4, 0.5) is 0 Å². The number of hydrogen-bond donors (Lipinski definition) is 1. The molecule has 0 aliphatic rings. The highest BCUT2D eigenvalue weighted by atomic mass is 32.1. The minimum Gasteiger partial charge on any atom is -0.496 e. The third-order valence-corrected chi connectivity index (χ3v) is 4.02. The Morgan fingerprint density at radius 1 is 1.17 bits per heavy atom. The molecule has 0 aliphatic carbocycles. The molecule has 0 radical (unpaired) electrons. The molecule has 0 aliphatic heterocycles. The average molecular weight is 261 g/mol. The zero-order valence-corrected chi connectivity index (χ0v) is 12.1. The Balaban J connectivity index is 2.38. The summed E-state index contributed by atoms with van der Waals surface area (Å²) in [4.78, 5) is 1.34. The number of rotatable bonds is 4. The van der Waals surface area contributed by atoms with Crippen molar-refractivity contribution in [3.05, 3.63) is 51.2 Å². The lowest BCUT2D eigenvalue weighted by Crippen LogP contribution is -2.17. The number of methoxy groups -OCH3 is 1. The second-order valence-electron chi connectivity index (χ2n) is 4.44. The lowest BCUT2D eigenvalue weighted by molar-refractivity contribution is 0.410. The van der Waals surface area contributed by atoms with E-state index in [2.05, 4.69) is 48.8 Å². The van der Waals surface area contributed by atoms with Gasteiger partial charge in [0.05, 0.1) is 13.2 Å². The van der Waals surface area contributed by atoms with Crippen LogP contribution in [0.25, 0.3) is 0 Å². The summed E-state index contributed by atoms with van der Waals surface area (Å²) in [6.07, 6.45) is 0. The van der Waals surface area contributed by atoms with E-state index in [1.165, 1.54) is 16.0 Å². The molecule has 1 heterocycles. The zero-order chi connectivity index (χ0) is 13.1. The minimum atomic E-state index is 0.226. The van der Waals surface area contributed by atoms with Crippen LogP contribution in [-0.4, -0.2) is 14.2 Å². The van der Waals surface area contributed by atoms with E-state index in [1.807, 2.05) is 7.05 Å². The van der Waals surface area contributed by atoms with Crippen LogP contribution >= 0.6 is 11.3 Å². The fraction of sp³-hybridized carbons (Fsp3) is 0.333. The van der Waals surface area contributed by atoms with Crippen LogP contribution in [0.3, 0.4) is 0 Å². The number of nitrogens with one attached hydrogen (secondary N) is 1. The Kier molecular flexibility index (Phi) is 4.04. The van der Waals surface area contributed by atoms with Gasteiger partial charge in [-0.3, -0.25) is 0 Å². The van der Waals surface area contributed by atoms with Crippen molar-refractivity contribution in [1.82, 2.24) is 5.32 Å². The van der Waals surface area contributed by atoms with Gasteiger partial charge in [0, 0.05) is 4.88 Å². The standard InChI is InChI=1S/C15H19NOS/c1-10-5-6-12(8-14(10)17-4)15(16-3)13-7-11(2)18-9-13/h5-9,15-16H,1-4H3. The van der Waals surface area contributed by atoms with Crippen LogP contribution in [-0.2, 0) is 0 Å². The van der Waals surface area contributed by atoms with E-state index in [9.17, 15) is 0 Å². The monoisotopic (exact) mass is 261 g/mol. The first-order valence-electron chi connectivity index (χ1n) is 6.02. The van der Waals surface area contributed by atoms with Crippen molar-refractivity contribution < 1.29 is 4.74 Å². The molecule has 96 valence electrons. The van der Waals surface area contributed by atoms with E-state index in [-0.39, 0.29) is 6.04 Å². The molecule has 1 aromatic heterocycles. The Labute approximate surface area is 113 Å². The first kappa shape index (κ1) is 13.1. The van der Waals surface area contributed by atoms with Gasteiger partial charge in [0.2, 0.25) is 0 Å². The second kappa shape index (κ2) is 5.55. The summed E-state index contributed by atoms with van der Waals surface area (Å²) < 4.78 is 5.40. The molecule has 0 saturated carbocycles. The third-order valence-electron chi connectivity index (χ3n) is 3.14. The molecule has 0 amide bonds. The summed E-state index contributed by atoms with van der Waals surface area (Å²) in [5, 5.41) is 5.58. The van der Waals surface area contributed by atoms with Crippen molar-refractivity contribution in [2.24, 2.45) is 0 Å². The van der Waals surface area contributed by atoms with Crippen molar-refractivity contribution in [2.45, 2.75) is 19.9 Å². The fourth-order valence-electron chi connectivity index (χ4n) is 2.16. The lowest BCUT2D eigenvalue weighted by Gasteiger charge is -2.17. The van der Waals surface area contributed by atoms with Crippen LogP contribution in [0.1, 0.15) is 27.6 Å². The Bertz CT molecular complexity index is 533. The van der Waals surface area contributed by atoms with Crippen LogP contribution in [0.2, 0.25) is 0 Å². The van der Waals surface area contributed by atoms with Crippen molar-refractivity contribution >= 4 is 11.3 Å². The first-order chi connectivity index (χ1) is 8.65. The van der Waals surface area contributed by atoms with Crippen LogP contribution in [0.5, 0.6) is 5.75 Å². The van der Waals surface area contributed by atoms with Gasteiger partial charge in [0.25, 0.3) is 0 Å². The van der Waals surface area contributed by atoms with Gasteiger partial charge in [-0.2, -0.15) is 0 Å².